The number of rotatable bonds is 9. The predicted octanol–water partition coefficient (Wildman–Crippen LogP) is 2.79. The third-order valence-electron chi connectivity index (χ3n) is 4.21. The molecule has 1 aromatic heterocycles. The lowest BCUT2D eigenvalue weighted by atomic mass is 10.1. The second-order valence-electron chi connectivity index (χ2n) is 6.07. The van der Waals surface area contributed by atoms with E-state index in [1.165, 1.54) is 12.0 Å². The van der Waals surface area contributed by atoms with Gasteiger partial charge in [-0.15, -0.1) is 0 Å². The maximum atomic E-state index is 12.8. The van der Waals surface area contributed by atoms with Crippen LogP contribution in [-0.2, 0) is 27.3 Å². The van der Waals surface area contributed by atoms with Crippen LogP contribution in [0.1, 0.15) is 23.2 Å². The highest BCUT2D eigenvalue weighted by Crippen LogP contribution is 2.24. The molecule has 9 heteroatoms. The number of carbonyl (C=O) groups excluding carboxylic acids is 2. The molecular formula is C19H23ClN2O6. The number of esters is 1. The summed E-state index contributed by atoms with van der Waals surface area (Å²) in [6.45, 7) is 1.77. The molecule has 0 N–H and O–H groups in total. The lowest BCUT2D eigenvalue weighted by Gasteiger charge is -2.22. The van der Waals surface area contributed by atoms with Crippen LogP contribution in [0.25, 0.3) is 0 Å². The van der Waals surface area contributed by atoms with Crippen LogP contribution in [0.5, 0.6) is 11.5 Å². The molecule has 8 nitrogen and oxygen atoms in total. The number of methoxy groups -OCH3 is 3. The summed E-state index contributed by atoms with van der Waals surface area (Å²) < 4.78 is 20.1. The average Bonchev–Trinajstić information content (AvgIpc) is 3.02. The Morgan fingerprint density at radius 1 is 1.14 bits per heavy atom. The predicted molar refractivity (Wildman–Crippen MR) is 102 cm³/mol. The first-order valence-electron chi connectivity index (χ1n) is 8.55. The Bertz CT molecular complexity index is 794. The second-order valence-corrected chi connectivity index (χ2v) is 6.41. The quantitative estimate of drug-likeness (QED) is 0.587. The molecular weight excluding hydrogens is 388 g/mol. The fourth-order valence-corrected chi connectivity index (χ4v) is 2.93. The van der Waals surface area contributed by atoms with E-state index in [4.69, 9.17) is 30.3 Å². The second kappa shape index (κ2) is 9.98. The molecule has 0 aliphatic rings. The summed E-state index contributed by atoms with van der Waals surface area (Å²) in [6.07, 6.45) is 0.492. The highest BCUT2D eigenvalue weighted by molar-refractivity contribution is 6.29. The maximum Gasteiger partial charge on any atom is 0.325 e. The summed E-state index contributed by atoms with van der Waals surface area (Å²) in [5.41, 5.74) is 2.07. The standard InChI is InChI=1S/C19H23ClN2O6/c1-12-16(19(20)28-21-12)5-6-17(23)22(11-18(24)27-4)10-13-7-14(25-2)9-15(8-13)26-3/h7-9H,5-6,10-11H2,1-4H3. The number of aromatic nitrogens is 1. The van der Waals surface area contributed by atoms with Crippen LogP contribution in [0.4, 0.5) is 0 Å². The minimum absolute atomic E-state index is 0.139. The molecule has 0 aliphatic carbocycles. The highest BCUT2D eigenvalue weighted by Gasteiger charge is 2.20. The largest absolute Gasteiger partial charge is 0.497 e. The van der Waals surface area contributed by atoms with E-state index in [0.29, 0.717) is 29.2 Å². The van der Waals surface area contributed by atoms with Crippen LogP contribution in [0, 0.1) is 6.92 Å². The Balaban J connectivity index is 2.17. The summed E-state index contributed by atoms with van der Waals surface area (Å²) in [5.74, 6) is 0.435. The van der Waals surface area contributed by atoms with Gasteiger partial charge in [-0.25, -0.2) is 0 Å². The Morgan fingerprint density at radius 2 is 1.79 bits per heavy atom. The van der Waals surface area contributed by atoms with Crippen LogP contribution < -0.4 is 9.47 Å². The first-order chi connectivity index (χ1) is 13.4. The molecule has 0 radical (unpaired) electrons. The number of ether oxygens (including phenoxy) is 3. The molecule has 0 atom stereocenters. The molecule has 152 valence electrons. The lowest BCUT2D eigenvalue weighted by Crippen LogP contribution is -2.36. The van der Waals surface area contributed by atoms with Crippen molar-refractivity contribution in [2.45, 2.75) is 26.3 Å². The van der Waals surface area contributed by atoms with Gasteiger partial charge in [-0.3, -0.25) is 9.59 Å². The molecule has 0 bridgehead atoms. The molecule has 0 saturated carbocycles. The Morgan fingerprint density at radius 3 is 2.29 bits per heavy atom. The van der Waals surface area contributed by atoms with Crippen molar-refractivity contribution < 1.29 is 28.3 Å². The van der Waals surface area contributed by atoms with Crippen molar-refractivity contribution in [2.24, 2.45) is 0 Å². The summed E-state index contributed by atoms with van der Waals surface area (Å²) >= 11 is 5.96. The van der Waals surface area contributed by atoms with Crippen molar-refractivity contribution >= 4 is 23.5 Å². The molecule has 1 heterocycles. The Kier molecular flexibility index (Phi) is 7.69. The Hall–Kier alpha value is -2.74. The molecule has 1 aromatic carbocycles. The van der Waals surface area contributed by atoms with Crippen molar-refractivity contribution in [3.05, 3.63) is 40.2 Å². The van der Waals surface area contributed by atoms with Gasteiger partial charge in [0, 0.05) is 24.6 Å². The zero-order valence-electron chi connectivity index (χ0n) is 16.3. The Labute approximate surface area is 168 Å². The van der Waals surface area contributed by atoms with E-state index in [-0.39, 0.29) is 30.6 Å². The molecule has 1 amide bonds. The first-order valence-corrected chi connectivity index (χ1v) is 8.92. The van der Waals surface area contributed by atoms with E-state index in [0.717, 1.165) is 5.56 Å². The monoisotopic (exact) mass is 410 g/mol. The van der Waals surface area contributed by atoms with Crippen molar-refractivity contribution in [1.29, 1.82) is 0 Å². The molecule has 2 rings (SSSR count). The van der Waals surface area contributed by atoms with Gasteiger partial charge in [0.25, 0.3) is 0 Å². The smallest absolute Gasteiger partial charge is 0.325 e. The molecule has 0 unspecified atom stereocenters. The van der Waals surface area contributed by atoms with E-state index in [1.54, 1.807) is 39.3 Å². The van der Waals surface area contributed by atoms with Crippen LogP contribution in [0.15, 0.2) is 22.7 Å². The van der Waals surface area contributed by atoms with Gasteiger partial charge in [0.05, 0.1) is 27.0 Å². The van der Waals surface area contributed by atoms with Crippen LogP contribution in [0.2, 0.25) is 5.22 Å². The third-order valence-corrected chi connectivity index (χ3v) is 4.51. The fourth-order valence-electron chi connectivity index (χ4n) is 2.66. The minimum atomic E-state index is -0.512. The van der Waals surface area contributed by atoms with Crippen molar-refractivity contribution in [2.75, 3.05) is 27.9 Å². The van der Waals surface area contributed by atoms with Crippen molar-refractivity contribution in [3.63, 3.8) is 0 Å². The van der Waals surface area contributed by atoms with Crippen molar-refractivity contribution in [3.8, 4) is 11.5 Å². The molecule has 2 aromatic rings. The van der Waals surface area contributed by atoms with E-state index in [9.17, 15) is 9.59 Å². The minimum Gasteiger partial charge on any atom is -0.497 e. The number of halogens is 1. The van der Waals surface area contributed by atoms with Gasteiger partial charge in [-0.2, -0.15) is 0 Å². The van der Waals surface area contributed by atoms with Gasteiger partial charge in [-0.1, -0.05) is 5.16 Å². The zero-order valence-corrected chi connectivity index (χ0v) is 17.0. The average molecular weight is 411 g/mol. The van der Waals surface area contributed by atoms with E-state index in [2.05, 4.69) is 5.16 Å². The van der Waals surface area contributed by atoms with Gasteiger partial charge in [0.2, 0.25) is 11.1 Å². The summed E-state index contributed by atoms with van der Waals surface area (Å²) in [4.78, 5) is 26.0. The topological polar surface area (TPSA) is 91.1 Å². The number of carbonyl (C=O) groups is 2. The number of amides is 1. The zero-order chi connectivity index (χ0) is 20.7. The summed E-state index contributed by atoms with van der Waals surface area (Å²) in [6, 6.07) is 5.29. The summed E-state index contributed by atoms with van der Waals surface area (Å²) in [5, 5.41) is 3.94. The number of hydrogen-bond acceptors (Lipinski definition) is 7. The molecule has 0 aliphatic heterocycles. The molecule has 28 heavy (non-hydrogen) atoms. The summed E-state index contributed by atoms with van der Waals surface area (Å²) in [7, 11) is 4.36. The number of benzene rings is 1. The fraction of sp³-hybridized carbons (Fsp3) is 0.421. The number of nitrogens with zero attached hydrogens (tertiary/aromatic N) is 2. The molecule has 0 spiro atoms. The van der Waals surface area contributed by atoms with E-state index >= 15 is 0 Å². The van der Waals surface area contributed by atoms with Gasteiger partial charge in [0.1, 0.15) is 18.0 Å². The number of aryl methyl sites for hydroxylation is 1. The van der Waals surface area contributed by atoms with Crippen molar-refractivity contribution in [1.82, 2.24) is 10.1 Å². The van der Waals surface area contributed by atoms with Crippen LogP contribution in [-0.4, -0.2) is 49.8 Å². The third kappa shape index (κ3) is 5.63. The maximum absolute atomic E-state index is 12.8. The molecule has 0 fully saturated rings. The van der Waals surface area contributed by atoms with Crippen LogP contribution >= 0.6 is 11.6 Å². The molecule has 0 saturated heterocycles. The van der Waals surface area contributed by atoms with Gasteiger partial charge >= 0.3 is 5.97 Å². The lowest BCUT2D eigenvalue weighted by molar-refractivity contribution is -0.147. The van der Waals surface area contributed by atoms with Gasteiger partial charge < -0.3 is 23.6 Å². The van der Waals surface area contributed by atoms with Gasteiger partial charge in [-0.05, 0) is 42.6 Å². The number of hydrogen-bond donors (Lipinski definition) is 0. The van der Waals surface area contributed by atoms with E-state index < -0.39 is 5.97 Å². The van der Waals surface area contributed by atoms with E-state index in [1.807, 2.05) is 0 Å². The normalized spacial score (nSPS) is 10.5. The van der Waals surface area contributed by atoms with Gasteiger partial charge in [0.15, 0.2) is 0 Å². The highest BCUT2D eigenvalue weighted by atomic mass is 35.5. The first kappa shape index (κ1) is 21.6. The van der Waals surface area contributed by atoms with Crippen LogP contribution in [0.3, 0.4) is 0 Å². The SMILES string of the molecule is COC(=O)CN(Cc1cc(OC)cc(OC)c1)C(=O)CCc1c(C)noc1Cl.